The van der Waals surface area contributed by atoms with E-state index < -0.39 is 9.84 Å². The first-order valence-corrected chi connectivity index (χ1v) is 8.19. The SMILES string of the molecule is COc1cc(CNc2cccc(S(C)(=O)=O)c2)ccc1O. The summed E-state index contributed by atoms with van der Waals surface area (Å²) in [4.78, 5) is 0.274. The van der Waals surface area contributed by atoms with Gasteiger partial charge in [-0.15, -0.1) is 0 Å². The number of hydrogen-bond donors (Lipinski definition) is 2. The summed E-state index contributed by atoms with van der Waals surface area (Å²) in [7, 11) is -1.73. The lowest BCUT2D eigenvalue weighted by atomic mass is 10.2. The molecule has 0 spiro atoms. The Morgan fingerprint density at radius 2 is 1.95 bits per heavy atom. The van der Waals surface area contributed by atoms with Crippen LogP contribution in [0.2, 0.25) is 0 Å². The average molecular weight is 307 g/mol. The molecule has 0 radical (unpaired) electrons. The highest BCUT2D eigenvalue weighted by Crippen LogP contribution is 2.26. The first-order valence-electron chi connectivity index (χ1n) is 6.30. The fourth-order valence-electron chi connectivity index (χ4n) is 1.87. The van der Waals surface area contributed by atoms with E-state index in [0.29, 0.717) is 18.0 Å². The van der Waals surface area contributed by atoms with Crippen LogP contribution in [0.25, 0.3) is 0 Å². The zero-order valence-electron chi connectivity index (χ0n) is 11.8. The first-order chi connectivity index (χ1) is 9.90. The first kappa shape index (κ1) is 15.2. The predicted octanol–water partition coefficient (Wildman–Crippen LogP) is 2.42. The number of anilines is 1. The molecule has 0 atom stereocenters. The molecule has 0 aliphatic heterocycles. The van der Waals surface area contributed by atoms with Gasteiger partial charge in [0.15, 0.2) is 21.3 Å². The third kappa shape index (κ3) is 3.88. The van der Waals surface area contributed by atoms with Crippen molar-refractivity contribution in [1.29, 1.82) is 0 Å². The number of phenols is 1. The van der Waals surface area contributed by atoms with E-state index in [-0.39, 0.29) is 10.6 Å². The molecule has 0 saturated carbocycles. The monoisotopic (exact) mass is 307 g/mol. The van der Waals surface area contributed by atoms with Crippen molar-refractivity contribution in [3.05, 3.63) is 48.0 Å². The number of sulfone groups is 1. The average Bonchev–Trinajstić information content (AvgIpc) is 2.46. The molecule has 0 heterocycles. The number of ether oxygens (including phenoxy) is 1. The van der Waals surface area contributed by atoms with Gasteiger partial charge in [0.25, 0.3) is 0 Å². The largest absolute Gasteiger partial charge is 0.504 e. The third-order valence-electron chi connectivity index (χ3n) is 3.00. The van der Waals surface area contributed by atoms with Crippen LogP contribution in [0, 0.1) is 0 Å². The van der Waals surface area contributed by atoms with Crippen LogP contribution in [0.15, 0.2) is 47.4 Å². The zero-order chi connectivity index (χ0) is 15.5. The van der Waals surface area contributed by atoms with E-state index in [1.165, 1.54) is 13.4 Å². The van der Waals surface area contributed by atoms with Crippen molar-refractivity contribution in [2.75, 3.05) is 18.7 Å². The van der Waals surface area contributed by atoms with Crippen LogP contribution in [0.1, 0.15) is 5.56 Å². The van der Waals surface area contributed by atoms with Crippen LogP contribution in [0.5, 0.6) is 11.5 Å². The van der Waals surface area contributed by atoms with E-state index in [1.54, 1.807) is 42.5 Å². The van der Waals surface area contributed by atoms with Gasteiger partial charge in [0.2, 0.25) is 0 Å². The number of rotatable bonds is 5. The molecular formula is C15H17NO4S. The van der Waals surface area contributed by atoms with E-state index in [1.807, 2.05) is 0 Å². The minimum absolute atomic E-state index is 0.0836. The highest BCUT2D eigenvalue weighted by molar-refractivity contribution is 7.90. The van der Waals surface area contributed by atoms with Gasteiger partial charge < -0.3 is 15.2 Å². The van der Waals surface area contributed by atoms with Crippen LogP contribution in [0.4, 0.5) is 5.69 Å². The molecule has 0 fully saturated rings. The maximum Gasteiger partial charge on any atom is 0.175 e. The molecule has 5 nitrogen and oxygen atoms in total. The molecule has 2 N–H and O–H groups in total. The molecule has 0 aliphatic rings. The van der Waals surface area contributed by atoms with Crippen LogP contribution in [0.3, 0.4) is 0 Å². The molecule has 0 unspecified atom stereocenters. The van der Waals surface area contributed by atoms with Crippen molar-refractivity contribution < 1.29 is 18.3 Å². The Morgan fingerprint density at radius 1 is 1.19 bits per heavy atom. The van der Waals surface area contributed by atoms with E-state index in [0.717, 1.165) is 5.56 Å². The molecule has 0 bridgehead atoms. The van der Waals surface area contributed by atoms with Gasteiger partial charge in [0, 0.05) is 18.5 Å². The molecule has 0 amide bonds. The zero-order valence-corrected chi connectivity index (χ0v) is 12.6. The van der Waals surface area contributed by atoms with Crippen molar-refractivity contribution in [2.45, 2.75) is 11.4 Å². The van der Waals surface area contributed by atoms with Gasteiger partial charge in [-0.25, -0.2) is 8.42 Å². The summed E-state index contributed by atoms with van der Waals surface area (Å²) in [6.07, 6.45) is 1.18. The summed E-state index contributed by atoms with van der Waals surface area (Å²) in [6, 6.07) is 11.7. The molecule has 6 heteroatoms. The molecular weight excluding hydrogens is 290 g/mol. The maximum absolute atomic E-state index is 11.5. The molecule has 0 aliphatic carbocycles. The number of hydrogen-bond acceptors (Lipinski definition) is 5. The Hall–Kier alpha value is -2.21. The normalized spacial score (nSPS) is 11.1. The number of phenolic OH excluding ortho intramolecular Hbond substituents is 1. The second kappa shape index (κ2) is 6.05. The number of nitrogens with one attached hydrogen (secondary N) is 1. The molecule has 2 rings (SSSR count). The summed E-state index contributed by atoms with van der Waals surface area (Å²) in [5.74, 6) is 0.486. The molecule has 2 aromatic rings. The van der Waals surface area contributed by atoms with Gasteiger partial charge in [0.1, 0.15) is 0 Å². The number of methoxy groups -OCH3 is 1. The fourth-order valence-corrected chi connectivity index (χ4v) is 2.54. The van der Waals surface area contributed by atoms with E-state index in [2.05, 4.69) is 5.32 Å². The fraction of sp³-hybridized carbons (Fsp3) is 0.200. The van der Waals surface area contributed by atoms with Gasteiger partial charge in [0.05, 0.1) is 12.0 Å². The number of benzene rings is 2. The van der Waals surface area contributed by atoms with Gasteiger partial charge in [-0.1, -0.05) is 12.1 Å². The second-order valence-electron chi connectivity index (χ2n) is 4.66. The van der Waals surface area contributed by atoms with Crippen molar-refractivity contribution in [3.8, 4) is 11.5 Å². The molecule has 21 heavy (non-hydrogen) atoms. The highest BCUT2D eigenvalue weighted by Gasteiger charge is 2.07. The highest BCUT2D eigenvalue weighted by atomic mass is 32.2. The predicted molar refractivity (Wildman–Crippen MR) is 81.5 cm³/mol. The Labute approximate surface area is 124 Å². The van der Waals surface area contributed by atoms with Gasteiger partial charge in [-0.3, -0.25) is 0 Å². The molecule has 2 aromatic carbocycles. The lowest BCUT2D eigenvalue weighted by Crippen LogP contribution is -2.02. The van der Waals surface area contributed by atoms with E-state index in [4.69, 9.17) is 4.74 Å². The van der Waals surface area contributed by atoms with Crippen molar-refractivity contribution >= 4 is 15.5 Å². The van der Waals surface area contributed by atoms with Gasteiger partial charge in [-0.05, 0) is 35.9 Å². The van der Waals surface area contributed by atoms with E-state index in [9.17, 15) is 13.5 Å². The quantitative estimate of drug-likeness (QED) is 0.887. The van der Waals surface area contributed by atoms with Crippen molar-refractivity contribution in [2.24, 2.45) is 0 Å². The van der Waals surface area contributed by atoms with Crippen LogP contribution < -0.4 is 10.1 Å². The minimum Gasteiger partial charge on any atom is -0.504 e. The third-order valence-corrected chi connectivity index (χ3v) is 4.11. The summed E-state index contributed by atoms with van der Waals surface area (Å²) >= 11 is 0. The summed E-state index contributed by atoms with van der Waals surface area (Å²) in [5.41, 5.74) is 1.62. The summed E-state index contributed by atoms with van der Waals surface area (Å²) in [5, 5.41) is 12.7. The summed E-state index contributed by atoms with van der Waals surface area (Å²) < 4.78 is 28.1. The topological polar surface area (TPSA) is 75.6 Å². The lowest BCUT2D eigenvalue weighted by molar-refractivity contribution is 0.373. The van der Waals surface area contributed by atoms with Gasteiger partial charge >= 0.3 is 0 Å². The Kier molecular flexibility index (Phi) is 4.37. The van der Waals surface area contributed by atoms with Crippen LogP contribution >= 0.6 is 0 Å². The minimum atomic E-state index is -3.22. The molecule has 112 valence electrons. The Balaban J connectivity index is 2.13. The van der Waals surface area contributed by atoms with Crippen LogP contribution in [-0.2, 0) is 16.4 Å². The molecule has 0 saturated heterocycles. The summed E-state index contributed by atoms with van der Waals surface area (Å²) in [6.45, 7) is 0.490. The smallest absolute Gasteiger partial charge is 0.175 e. The van der Waals surface area contributed by atoms with Crippen molar-refractivity contribution in [3.63, 3.8) is 0 Å². The van der Waals surface area contributed by atoms with E-state index >= 15 is 0 Å². The second-order valence-corrected chi connectivity index (χ2v) is 6.68. The standard InChI is InChI=1S/C15H17NO4S/c1-20-15-8-11(6-7-14(15)17)10-16-12-4-3-5-13(9-12)21(2,18)19/h3-9,16-17H,10H2,1-2H3. The number of aromatic hydroxyl groups is 1. The lowest BCUT2D eigenvalue weighted by Gasteiger charge is -2.10. The van der Waals surface area contributed by atoms with Crippen molar-refractivity contribution in [1.82, 2.24) is 0 Å². The molecule has 0 aromatic heterocycles. The van der Waals surface area contributed by atoms with Crippen LogP contribution in [-0.4, -0.2) is 26.9 Å². The Bertz CT molecular complexity index is 741. The Morgan fingerprint density at radius 3 is 2.62 bits per heavy atom. The van der Waals surface area contributed by atoms with Gasteiger partial charge in [-0.2, -0.15) is 0 Å². The maximum atomic E-state index is 11.5.